The summed E-state index contributed by atoms with van der Waals surface area (Å²) in [4.78, 5) is 11.2. The van der Waals surface area contributed by atoms with Gasteiger partial charge >= 0.3 is 6.98 Å². The van der Waals surface area contributed by atoms with Gasteiger partial charge in [-0.25, -0.2) is 0 Å². The molecule has 0 unspecified atom stereocenters. The summed E-state index contributed by atoms with van der Waals surface area (Å²) in [6, 6.07) is 3.44. The van der Waals surface area contributed by atoms with Crippen molar-refractivity contribution in [3.63, 3.8) is 0 Å². The predicted octanol–water partition coefficient (Wildman–Crippen LogP) is 1.87. The molecule has 74 valence electrons. The van der Waals surface area contributed by atoms with E-state index in [9.17, 15) is 17.7 Å². The van der Waals surface area contributed by atoms with Crippen molar-refractivity contribution in [3.05, 3.63) is 29.3 Å². The smallest absolute Gasteiger partial charge is 0.445 e. The number of benzene rings is 1. The minimum Gasteiger partial charge on any atom is -0.445 e. The molecule has 14 heavy (non-hydrogen) atoms. The normalized spacial score (nSPS) is 15.8. The maximum Gasteiger partial charge on any atom is 0.509 e. The van der Waals surface area contributed by atoms with E-state index < -0.39 is 12.4 Å². The monoisotopic (exact) mass is 199 g/mol. The third kappa shape index (κ3) is 1.43. The van der Waals surface area contributed by atoms with Gasteiger partial charge in [-0.2, -0.15) is 0 Å². The molecule has 0 spiro atoms. The van der Waals surface area contributed by atoms with E-state index in [4.69, 9.17) is 0 Å². The van der Waals surface area contributed by atoms with Crippen LogP contribution in [0.15, 0.2) is 18.2 Å². The van der Waals surface area contributed by atoms with E-state index in [0.29, 0.717) is 12.8 Å². The van der Waals surface area contributed by atoms with Gasteiger partial charge in [-0.05, 0) is 12.0 Å². The molecule has 0 amide bonds. The van der Waals surface area contributed by atoms with Crippen LogP contribution in [0.1, 0.15) is 22.3 Å². The van der Waals surface area contributed by atoms with Gasteiger partial charge in [0.05, 0.1) is 0 Å². The molecular weight excluding hydrogens is 192 g/mol. The Labute approximate surface area is 79.0 Å². The highest BCUT2D eigenvalue weighted by Gasteiger charge is 2.28. The lowest BCUT2D eigenvalue weighted by Gasteiger charge is -2.15. The zero-order valence-corrected chi connectivity index (χ0v) is 7.27. The van der Waals surface area contributed by atoms with Crippen molar-refractivity contribution >= 4 is 18.2 Å². The second-order valence-electron chi connectivity index (χ2n) is 3.41. The molecule has 1 nitrogen and oxygen atoms in total. The van der Waals surface area contributed by atoms with Crippen LogP contribution in [-0.2, 0) is 6.42 Å². The SMILES string of the molecule is O=C1CCc2ccc([B-](F)(F)F)cc21. The molecule has 2 rings (SSSR count). The fourth-order valence-electron chi connectivity index (χ4n) is 1.66. The number of carbonyl (C=O) groups is 1. The third-order valence-corrected chi connectivity index (χ3v) is 2.43. The summed E-state index contributed by atoms with van der Waals surface area (Å²) in [5.74, 6) is -0.179. The van der Waals surface area contributed by atoms with Crippen LogP contribution in [0.5, 0.6) is 0 Å². The maximum absolute atomic E-state index is 12.3. The van der Waals surface area contributed by atoms with Crippen molar-refractivity contribution in [2.24, 2.45) is 0 Å². The van der Waals surface area contributed by atoms with Crippen LogP contribution < -0.4 is 5.46 Å². The summed E-state index contributed by atoms with van der Waals surface area (Å²) in [6.07, 6.45) is 0.906. The Morgan fingerprint density at radius 3 is 2.50 bits per heavy atom. The van der Waals surface area contributed by atoms with Gasteiger partial charge in [-0.3, -0.25) is 4.79 Å². The summed E-state index contributed by atoms with van der Waals surface area (Å²) >= 11 is 0. The molecule has 1 aromatic carbocycles. The molecule has 1 aromatic rings. The lowest BCUT2D eigenvalue weighted by atomic mass is 9.79. The molecule has 0 aromatic heterocycles. The fraction of sp³-hybridized carbons (Fsp3) is 0.222. The number of rotatable bonds is 1. The Bertz CT molecular complexity index is 398. The standard InChI is InChI=1S/C9H7BF3O/c11-10(12,13)7-3-1-6-2-4-9(14)8(6)5-7/h1,3,5H,2,4H2/q-1. The lowest BCUT2D eigenvalue weighted by Crippen LogP contribution is -2.34. The van der Waals surface area contributed by atoms with Gasteiger partial charge in [0.25, 0.3) is 0 Å². The highest BCUT2D eigenvalue weighted by atomic mass is 19.4. The lowest BCUT2D eigenvalue weighted by molar-refractivity contribution is 0.0994. The Morgan fingerprint density at radius 1 is 1.14 bits per heavy atom. The summed E-state index contributed by atoms with van der Waals surface area (Å²) < 4.78 is 37.0. The van der Waals surface area contributed by atoms with Crippen LogP contribution in [0.3, 0.4) is 0 Å². The van der Waals surface area contributed by atoms with Gasteiger partial charge in [-0.1, -0.05) is 18.2 Å². The number of ketones is 1. The second-order valence-corrected chi connectivity index (χ2v) is 3.41. The number of Topliss-reactive ketones (excluding diaryl/α,β-unsaturated/α-hetero) is 1. The number of carbonyl (C=O) groups excluding carboxylic acids is 1. The second kappa shape index (κ2) is 2.87. The van der Waals surface area contributed by atoms with E-state index in [1.165, 1.54) is 6.07 Å². The Hall–Kier alpha value is -1.26. The summed E-state index contributed by atoms with van der Waals surface area (Å²) in [5, 5.41) is 0. The first-order chi connectivity index (χ1) is 6.48. The van der Waals surface area contributed by atoms with Gasteiger partial charge in [0.15, 0.2) is 5.78 Å². The van der Waals surface area contributed by atoms with E-state index in [1.807, 2.05) is 0 Å². The summed E-state index contributed by atoms with van der Waals surface area (Å²) in [5.41, 5.74) is 0.305. The van der Waals surface area contributed by atoms with Crippen LogP contribution in [0.25, 0.3) is 0 Å². The van der Waals surface area contributed by atoms with E-state index >= 15 is 0 Å². The molecule has 0 atom stereocenters. The van der Waals surface area contributed by atoms with Gasteiger partial charge in [0, 0.05) is 12.0 Å². The maximum atomic E-state index is 12.3. The number of hydrogen-bond acceptors (Lipinski definition) is 1. The zero-order valence-electron chi connectivity index (χ0n) is 7.27. The first-order valence-corrected chi connectivity index (χ1v) is 4.34. The molecule has 0 fully saturated rings. The van der Waals surface area contributed by atoms with Gasteiger partial charge in [-0.15, -0.1) is 5.46 Å². The molecular formula is C9H7BF3O-. The van der Waals surface area contributed by atoms with Gasteiger partial charge in [0.2, 0.25) is 0 Å². The molecule has 0 radical (unpaired) electrons. The quantitative estimate of drug-likeness (QED) is 0.631. The number of fused-ring (bicyclic) bond motifs is 1. The van der Waals surface area contributed by atoms with Crippen molar-refractivity contribution in [2.45, 2.75) is 12.8 Å². The van der Waals surface area contributed by atoms with Crippen LogP contribution in [0, 0.1) is 0 Å². The Morgan fingerprint density at radius 2 is 1.86 bits per heavy atom. The fourth-order valence-corrected chi connectivity index (χ4v) is 1.66. The van der Waals surface area contributed by atoms with E-state index in [0.717, 1.165) is 17.7 Å². The van der Waals surface area contributed by atoms with Crippen LogP contribution >= 0.6 is 0 Å². The first-order valence-electron chi connectivity index (χ1n) is 4.34. The highest BCUT2D eigenvalue weighted by molar-refractivity contribution is 6.73. The average molecular weight is 199 g/mol. The number of aryl methyl sites for hydroxylation is 1. The van der Waals surface area contributed by atoms with Crippen LogP contribution in [-0.4, -0.2) is 12.8 Å². The number of halogens is 3. The molecule has 0 heterocycles. The van der Waals surface area contributed by atoms with Gasteiger partial charge in [0.1, 0.15) is 0 Å². The van der Waals surface area contributed by atoms with Crippen LogP contribution in [0.2, 0.25) is 0 Å². The highest BCUT2D eigenvalue weighted by Crippen LogP contribution is 2.22. The minimum absolute atomic E-state index is 0.179. The first kappa shape index (κ1) is 9.31. The van der Waals surface area contributed by atoms with E-state index in [-0.39, 0.29) is 11.3 Å². The van der Waals surface area contributed by atoms with Crippen LogP contribution in [0.4, 0.5) is 12.9 Å². The number of hydrogen-bond donors (Lipinski definition) is 0. The molecule has 5 heteroatoms. The van der Waals surface area contributed by atoms with Gasteiger partial charge < -0.3 is 12.9 Å². The minimum atomic E-state index is -4.99. The molecule has 0 aliphatic heterocycles. The molecule has 1 aliphatic rings. The molecule has 0 saturated carbocycles. The molecule has 0 bridgehead atoms. The third-order valence-electron chi connectivity index (χ3n) is 2.43. The Balaban J connectivity index is 2.50. The molecule has 0 saturated heterocycles. The molecule has 1 aliphatic carbocycles. The Kier molecular flexibility index (Phi) is 1.91. The predicted molar refractivity (Wildman–Crippen MR) is 47.8 cm³/mol. The van der Waals surface area contributed by atoms with Crippen molar-refractivity contribution in [1.29, 1.82) is 0 Å². The van der Waals surface area contributed by atoms with E-state index in [1.54, 1.807) is 0 Å². The molecule has 0 N–H and O–H groups in total. The summed E-state index contributed by atoms with van der Waals surface area (Å²) in [7, 11) is 0. The van der Waals surface area contributed by atoms with Crippen molar-refractivity contribution in [2.75, 3.05) is 0 Å². The average Bonchev–Trinajstić information content (AvgIpc) is 2.46. The largest absolute Gasteiger partial charge is 0.509 e. The zero-order chi connectivity index (χ0) is 10.3. The summed E-state index contributed by atoms with van der Waals surface area (Å²) in [6.45, 7) is -4.99. The van der Waals surface area contributed by atoms with Crippen molar-refractivity contribution in [1.82, 2.24) is 0 Å². The topological polar surface area (TPSA) is 17.1 Å². The van der Waals surface area contributed by atoms with E-state index in [2.05, 4.69) is 0 Å². The van der Waals surface area contributed by atoms with Crippen molar-refractivity contribution < 1.29 is 17.7 Å². The van der Waals surface area contributed by atoms with Crippen molar-refractivity contribution in [3.8, 4) is 0 Å².